The van der Waals surface area contributed by atoms with Gasteiger partial charge in [0.15, 0.2) is 15.0 Å². The maximum Gasteiger partial charge on any atom is 0.325 e. The summed E-state index contributed by atoms with van der Waals surface area (Å²) in [5, 5.41) is 7.48. The average Bonchev–Trinajstić information content (AvgIpc) is 2.98. The number of thiazole rings is 1. The van der Waals surface area contributed by atoms with Gasteiger partial charge in [-0.2, -0.15) is 0 Å². The van der Waals surface area contributed by atoms with E-state index in [1.54, 1.807) is 24.6 Å². The van der Waals surface area contributed by atoms with Crippen molar-refractivity contribution in [2.45, 2.75) is 31.3 Å². The Bertz CT molecular complexity index is 840. The molecule has 0 bridgehead atoms. The van der Waals surface area contributed by atoms with Crippen LogP contribution in [0.1, 0.15) is 19.4 Å². The quantitative estimate of drug-likeness (QED) is 0.792. The fourth-order valence-electron chi connectivity index (χ4n) is 1.69. The lowest BCUT2D eigenvalue weighted by molar-refractivity contribution is 0.262. The second-order valence-corrected chi connectivity index (χ2v) is 9.12. The molecule has 0 saturated carbocycles. The molecule has 136 valence electrons. The number of epoxide rings is 1. The Labute approximate surface area is 151 Å². The number of carbonyl (C=O) groups is 1. The summed E-state index contributed by atoms with van der Waals surface area (Å²) in [5.41, 5.74) is 1.47. The molecule has 0 spiro atoms. The lowest BCUT2D eigenvalue weighted by Gasteiger charge is -2.09. The summed E-state index contributed by atoms with van der Waals surface area (Å²) < 4.78 is 27.7. The van der Waals surface area contributed by atoms with Crippen molar-refractivity contribution >= 4 is 38.0 Å². The van der Waals surface area contributed by atoms with E-state index in [1.807, 2.05) is 0 Å². The van der Waals surface area contributed by atoms with Crippen molar-refractivity contribution in [3.8, 4) is 0 Å². The van der Waals surface area contributed by atoms with Crippen molar-refractivity contribution in [2.24, 2.45) is 0 Å². The fourth-order valence-corrected chi connectivity index (χ4v) is 2.92. The summed E-state index contributed by atoms with van der Waals surface area (Å²) in [6.07, 6.45) is 2.73. The van der Waals surface area contributed by atoms with Gasteiger partial charge in [0.2, 0.25) is 0 Å². The number of benzene rings is 1. The third kappa shape index (κ3) is 6.45. The number of carbonyl (C=O) groups excluding carboxylic acids is 1. The van der Waals surface area contributed by atoms with E-state index >= 15 is 0 Å². The maximum atomic E-state index is 11.7. The van der Waals surface area contributed by atoms with Crippen LogP contribution in [0.15, 0.2) is 34.7 Å². The Balaban J connectivity index is 0.000000386. The molecule has 0 atom stereocenters. The molecule has 1 aliphatic rings. The third-order valence-electron chi connectivity index (χ3n) is 3.25. The van der Waals surface area contributed by atoms with Crippen LogP contribution >= 0.6 is 11.3 Å². The number of rotatable bonds is 3. The van der Waals surface area contributed by atoms with Crippen LogP contribution in [0, 0.1) is 6.92 Å². The van der Waals surface area contributed by atoms with Crippen molar-refractivity contribution in [2.75, 3.05) is 23.5 Å². The van der Waals surface area contributed by atoms with Gasteiger partial charge in [0.1, 0.15) is 0 Å². The number of aryl methyl sites for hydroxylation is 1. The van der Waals surface area contributed by atoms with E-state index < -0.39 is 15.9 Å². The van der Waals surface area contributed by atoms with E-state index in [9.17, 15) is 13.2 Å². The Kier molecular flexibility index (Phi) is 5.81. The Morgan fingerprint density at radius 2 is 1.96 bits per heavy atom. The molecule has 0 aliphatic carbocycles. The molecule has 2 N–H and O–H groups in total. The van der Waals surface area contributed by atoms with Crippen LogP contribution in [-0.2, 0) is 14.6 Å². The second-order valence-electron chi connectivity index (χ2n) is 6.21. The van der Waals surface area contributed by atoms with Gasteiger partial charge in [0.05, 0.1) is 17.1 Å². The molecule has 2 amide bonds. The van der Waals surface area contributed by atoms with Gasteiger partial charge in [-0.3, -0.25) is 5.32 Å². The van der Waals surface area contributed by atoms with Crippen molar-refractivity contribution in [1.29, 1.82) is 0 Å². The number of aromatic nitrogens is 1. The fraction of sp³-hybridized carbons (Fsp3) is 0.375. The number of hydrogen-bond acceptors (Lipinski definition) is 6. The first kappa shape index (κ1) is 19.4. The number of amides is 2. The molecule has 0 unspecified atom stereocenters. The summed E-state index contributed by atoms with van der Waals surface area (Å²) in [7, 11) is -3.25. The highest BCUT2D eigenvalue weighted by molar-refractivity contribution is 7.90. The molecule has 3 rings (SSSR count). The smallest absolute Gasteiger partial charge is 0.325 e. The summed E-state index contributed by atoms with van der Waals surface area (Å²) in [6, 6.07) is 4.12. The summed E-state index contributed by atoms with van der Waals surface area (Å²) in [6.45, 7) is 6.83. The molecule has 25 heavy (non-hydrogen) atoms. The number of nitrogens with zero attached hydrogens (tertiary/aromatic N) is 1. The van der Waals surface area contributed by atoms with E-state index in [2.05, 4.69) is 29.5 Å². The molecule has 1 aromatic carbocycles. The predicted molar refractivity (Wildman–Crippen MR) is 99.1 cm³/mol. The Morgan fingerprint density at radius 3 is 2.40 bits per heavy atom. The molecule has 0 radical (unpaired) electrons. The second kappa shape index (κ2) is 7.51. The maximum absolute atomic E-state index is 11.7. The van der Waals surface area contributed by atoms with Crippen molar-refractivity contribution in [1.82, 2.24) is 4.98 Å². The van der Waals surface area contributed by atoms with Gasteiger partial charge in [-0.1, -0.05) is 0 Å². The van der Waals surface area contributed by atoms with Crippen LogP contribution in [0.25, 0.3) is 0 Å². The van der Waals surface area contributed by atoms with Crippen molar-refractivity contribution in [3.05, 3.63) is 35.3 Å². The van der Waals surface area contributed by atoms with Crippen LogP contribution in [0.5, 0.6) is 0 Å². The Morgan fingerprint density at radius 1 is 1.32 bits per heavy atom. The van der Waals surface area contributed by atoms with Gasteiger partial charge in [-0.15, -0.1) is 11.3 Å². The lowest BCUT2D eigenvalue weighted by Crippen LogP contribution is -2.19. The topological polar surface area (TPSA) is 101 Å². The zero-order valence-corrected chi connectivity index (χ0v) is 16.1. The number of anilines is 2. The van der Waals surface area contributed by atoms with Gasteiger partial charge in [0.25, 0.3) is 0 Å². The van der Waals surface area contributed by atoms with Crippen LogP contribution in [0.4, 0.5) is 15.6 Å². The number of nitrogens with one attached hydrogen (secondary N) is 2. The lowest BCUT2D eigenvalue weighted by atomic mass is 10.2. The number of hydrogen-bond donors (Lipinski definition) is 2. The molecule has 1 aromatic heterocycles. The normalized spacial score (nSPS) is 14.9. The molecule has 1 fully saturated rings. The highest BCUT2D eigenvalue weighted by Gasteiger charge is 2.32. The number of urea groups is 1. The standard InChI is InChI=1S/C12H13N3O3S2.C4H8O/c1-8-7-9(20(2,17)18)3-4-10(8)14-11(16)15-12-13-5-6-19-12;1-4(2)3-5-4/h3-7H,1-2H3,(H2,13,14,15,16);3H2,1-2H3. The average molecular weight is 383 g/mol. The van der Waals surface area contributed by atoms with E-state index in [4.69, 9.17) is 4.74 Å². The summed E-state index contributed by atoms with van der Waals surface area (Å²) in [5.74, 6) is 0. The van der Waals surface area contributed by atoms with Crippen LogP contribution in [0.2, 0.25) is 0 Å². The first-order chi connectivity index (χ1) is 11.6. The molecule has 2 aromatic rings. The van der Waals surface area contributed by atoms with Crippen LogP contribution < -0.4 is 10.6 Å². The van der Waals surface area contributed by atoms with Gasteiger partial charge in [-0.05, 0) is 44.5 Å². The molecule has 7 nitrogen and oxygen atoms in total. The van der Waals surface area contributed by atoms with Crippen LogP contribution in [0.3, 0.4) is 0 Å². The van der Waals surface area contributed by atoms with Gasteiger partial charge < -0.3 is 10.1 Å². The predicted octanol–water partition coefficient (Wildman–Crippen LogP) is 3.29. The van der Waals surface area contributed by atoms with Crippen molar-refractivity contribution < 1.29 is 17.9 Å². The van der Waals surface area contributed by atoms with E-state index in [1.165, 1.54) is 23.5 Å². The summed E-state index contributed by atoms with van der Waals surface area (Å²) >= 11 is 1.31. The first-order valence-electron chi connectivity index (χ1n) is 7.49. The zero-order valence-electron chi connectivity index (χ0n) is 14.5. The largest absolute Gasteiger partial charge is 0.370 e. The Hall–Kier alpha value is -1.97. The highest BCUT2D eigenvalue weighted by atomic mass is 32.2. The molecule has 1 saturated heterocycles. The van der Waals surface area contributed by atoms with Crippen LogP contribution in [-0.4, -0.2) is 37.9 Å². The zero-order chi connectivity index (χ0) is 18.7. The third-order valence-corrected chi connectivity index (χ3v) is 5.05. The SMILES string of the molecule is CC1(C)CO1.Cc1cc(S(C)(=O)=O)ccc1NC(=O)Nc1nccs1. The van der Waals surface area contributed by atoms with Gasteiger partial charge in [-0.25, -0.2) is 18.2 Å². The molecule has 1 aliphatic heterocycles. The number of sulfone groups is 1. The monoisotopic (exact) mass is 383 g/mol. The molecular formula is C16H21N3O4S2. The summed E-state index contributed by atoms with van der Waals surface area (Å²) in [4.78, 5) is 15.9. The minimum atomic E-state index is -3.25. The molecule has 2 heterocycles. The highest BCUT2D eigenvalue weighted by Crippen LogP contribution is 2.23. The van der Waals surface area contributed by atoms with E-state index in [0.717, 1.165) is 12.9 Å². The van der Waals surface area contributed by atoms with E-state index in [-0.39, 0.29) is 10.5 Å². The first-order valence-corrected chi connectivity index (χ1v) is 10.3. The van der Waals surface area contributed by atoms with E-state index in [0.29, 0.717) is 16.4 Å². The number of ether oxygens (including phenoxy) is 1. The van der Waals surface area contributed by atoms with Gasteiger partial charge in [0, 0.05) is 23.5 Å². The minimum absolute atomic E-state index is 0.223. The minimum Gasteiger partial charge on any atom is -0.370 e. The molecular weight excluding hydrogens is 362 g/mol. The van der Waals surface area contributed by atoms with Crippen molar-refractivity contribution in [3.63, 3.8) is 0 Å². The molecule has 9 heteroatoms. The van der Waals surface area contributed by atoms with Gasteiger partial charge >= 0.3 is 6.03 Å².